The van der Waals surface area contributed by atoms with Gasteiger partial charge in [0.1, 0.15) is 72.7 Å². The van der Waals surface area contributed by atoms with Gasteiger partial charge in [0.05, 0.1) is 19.8 Å². The molecule has 0 spiro atoms. The van der Waals surface area contributed by atoms with Crippen molar-refractivity contribution in [3.05, 3.63) is 20.4 Å². The Hall–Kier alpha value is -2.52. The standard InChI is InChI=1S/C33H51N3O23S.Na/c1-4-52-27-16(21(42)24(27)45)34-8-6-5-7-9-53-32-18(36-13(3)39)28(57-33-26(47)23(44)25(46)29(58-33)30(48)59-60(49,50)51)20(41)15(56-32)11-54-31-17(35-12(2)38)22(43)19(40)14(10-37)55-31;/h14-15,17-20,22-23,25-26,28-29,31-34,37,40-41,43-44,46-47H,4-11H2,1-3H3,(H,35,38)(H,36,39)(H,49,50,51);/q;+1/p-1/t14-,15-,17-,18-,19+,20+,22-,23+,25+,26-,28-,29+,31-,32-,33-;/m1./s1. The third kappa shape index (κ3) is 13.5. The Labute approximate surface area is 369 Å². The quantitative estimate of drug-likeness (QED) is 0.0191. The van der Waals surface area contributed by atoms with Crippen LogP contribution in [0.3, 0.4) is 0 Å². The summed E-state index contributed by atoms with van der Waals surface area (Å²) in [6.07, 6.45) is -23.7. The molecule has 28 heteroatoms. The fraction of sp³-hybridized carbons (Fsp3) is 0.788. The van der Waals surface area contributed by atoms with E-state index in [2.05, 4.69) is 20.1 Å². The van der Waals surface area contributed by atoms with Crippen LogP contribution in [-0.2, 0) is 57.4 Å². The molecule has 342 valence electrons. The van der Waals surface area contributed by atoms with Gasteiger partial charge >= 0.3 is 35.5 Å². The Bertz CT molecular complexity index is 1800. The molecule has 0 aliphatic carbocycles. The summed E-state index contributed by atoms with van der Waals surface area (Å²) in [7, 11) is -5.71. The Morgan fingerprint density at radius 3 is 1.98 bits per heavy atom. The van der Waals surface area contributed by atoms with Crippen molar-refractivity contribution in [2.75, 3.05) is 38.3 Å². The third-order valence-corrected chi connectivity index (χ3v) is 9.93. The van der Waals surface area contributed by atoms with Crippen molar-refractivity contribution in [1.82, 2.24) is 10.6 Å². The van der Waals surface area contributed by atoms with Gasteiger partial charge in [0.25, 0.3) is 21.3 Å². The van der Waals surface area contributed by atoms with Crippen LogP contribution in [0, 0.1) is 0 Å². The molecule has 0 unspecified atom stereocenters. The Morgan fingerprint density at radius 1 is 0.754 bits per heavy atom. The van der Waals surface area contributed by atoms with Crippen LogP contribution in [0.4, 0.5) is 5.69 Å². The maximum absolute atomic E-state index is 12.5. The summed E-state index contributed by atoms with van der Waals surface area (Å²) in [4.78, 5) is 60.4. The van der Waals surface area contributed by atoms with Crippen molar-refractivity contribution >= 4 is 33.9 Å². The molecule has 15 atom stereocenters. The van der Waals surface area contributed by atoms with Crippen LogP contribution < -0.4 is 61.1 Å². The van der Waals surface area contributed by atoms with Crippen molar-refractivity contribution in [1.29, 1.82) is 0 Å². The molecule has 26 nitrogen and oxygen atoms in total. The van der Waals surface area contributed by atoms with Crippen molar-refractivity contribution in [2.24, 2.45) is 0 Å². The first-order valence-electron chi connectivity index (χ1n) is 18.7. The molecule has 0 bridgehead atoms. The number of anilines is 1. The first-order valence-corrected chi connectivity index (χ1v) is 20.0. The second-order valence-electron chi connectivity index (χ2n) is 14.0. The van der Waals surface area contributed by atoms with E-state index in [4.69, 9.17) is 33.2 Å². The van der Waals surface area contributed by atoms with Gasteiger partial charge in [-0.25, -0.2) is 13.2 Å². The normalized spacial score (nSPS) is 34.2. The van der Waals surface area contributed by atoms with Crippen LogP contribution in [0.25, 0.3) is 0 Å². The van der Waals surface area contributed by atoms with Crippen molar-refractivity contribution in [3.63, 3.8) is 0 Å². The minimum Gasteiger partial charge on any atom is -0.716 e. The molecule has 61 heavy (non-hydrogen) atoms. The fourth-order valence-corrected chi connectivity index (χ4v) is 6.93. The average molecular weight is 912 g/mol. The zero-order valence-electron chi connectivity index (χ0n) is 33.4. The number of rotatable bonds is 20. The zero-order valence-corrected chi connectivity index (χ0v) is 36.2. The average Bonchev–Trinajstić information content (AvgIpc) is 3.17. The number of amides is 2. The number of aliphatic hydroxyl groups excluding tert-OH is 7. The predicted molar refractivity (Wildman–Crippen MR) is 192 cm³/mol. The minimum absolute atomic E-state index is 0. The van der Waals surface area contributed by atoms with Gasteiger partial charge in [0.2, 0.25) is 11.8 Å². The van der Waals surface area contributed by atoms with Crippen LogP contribution in [-0.4, -0.2) is 191 Å². The monoisotopic (exact) mass is 911 g/mol. The topological polar surface area (TPSA) is 394 Å². The van der Waals surface area contributed by atoms with Crippen molar-refractivity contribution in [2.45, 2.75) is 132 Å². The number of carbonyl (C=O) groups is 3. The van der Waals surface area contributed by atoms with E-state index in [9.17, 15) is 72.7 Å². The molecular formula is C33H50N3NaO23S. The number of nitrogens with one attached hydrogen (secondary N) is 3. The SMILES string of the molecule is CCOc1c(NCCCCCO[C@@H]2O[C@H](CO[C@@H]3O[C@H](CO)[C@H](O)[C@H](O)[C@H]3NC(C)=O)[C@H](O)[C@H](O[C@@H]3O[C@H](C(=O)OS(=O)(=O)[O-])[C@@H](O)[C@H](O)[C@H]3O)[C@H]2NC(C)=O)c(=O)c1=O.[Na+]. The molecule has 0 aromatic heterocycles. The van der Waals surface area contributed by atoms with E-state index in [0.29, 0.717) is 19.3 Å². The van der Waals surface area contributed by atoms with E-state index in [0.717, 1.165) is 13.8 Å². The summed E-state index contributed by atoms with van der Waals surface area (Å²) < 4.78 is 76.5. The second-order valence-corrected chi connectivity index (χ2v) is 15.0. The summed E-state index contributed by atoms with van der Waals surface area (Å²) in [5, 5.41) is 81.7. The molecule has 10 N–H and O–H groups in total. The maximum Gasteiger partial charge on any atom is 1.00 e. The maximum atomic E-state index is 12.5. The first-order chi connectivity index (χ1) is 28.2. The van der Waals surface area contributed by atoms with Gasteiger partial charge in [-0.15, -0.1) is 0 Å². The number of unbranched alkanes of at least 4 members (excludes halogenated alkanes) is 2. The molecule has 2 amide bonds. The molecule has 3 aliphatic heterocycles. The molecule has 3 heterocycles. The Morgan fingerprint density at radius 2 is 1.38 bits per heavy atom. The van der Waals surface area contributed by atoms with Crippen molar-refractivity contribution < 1.29 is 130 Å². The molecule has 0 saturated carbocycles. The van der Waals surface area contributed by atoms with Gasteiger partial charge in [0.15, 0.2) is 30.7 Å². The molecule has 4 rings (SSSR count). The molecule has 0 radical (unpaired) electrons. The summed E-state index contributed by atoms with van der Waals surface area (Å²) in [6, 6.07) is -2.96. The van der Waals surface area contributed by atoms with Crippen LogP contribution in [0.15, 0.2) is 9.59 Å². The Kier molecular flexibility index (Phi) is 20.3. The van der Waals surface area contributed by atoms with Crippen LogP contribution in [0.5, 0.6) is 5.75 Å². The smallest absolute Gasteiger partial charge is 0.716 e. The third-order valence-electron chi connectivity index (χ3n) is 9.56. The van der Waals surface area contributed by atoms with Crippen LogP contribution >= 0.6 is 0 Å². The summed E-state index contributed by atoms with van der Waals surface area (Å²) in [6.45, 7) is 2.66. The summed E-state index contributed by atoms with van der Waals surface area (Å²) in [5.41, 5.74) is -1.37. The number of ether oxygens (including phenoxy) is 7. The van der Waals surface area contributed by atoms with Gasteiger partial charge in [-0.3, -0.25) is 19.2 Å². The van der Waals surface area contributed by atoms with E-state index in [1.54, 1.807) is 6.92 Å². The van der Waals surface area contributed by atoms with Crippen LogP contribution in [0.2, 0.25) is 0 Å². The van der Waals surface area contributed by atoms with Crippen LogP contribution in [0.1, 0.15) is 40.0 Å². The number of aliphatic hydroxyl groups is 7. The number of hydrogen-bond donors (Lipinski definition) is 10. The number of hydrogen-bond acceptors (Lipinski definition) is 24. The van der Waals surface area contributed by atoms with E-state index in [-0.39, 0.29) is 60.8 Å². The molecule has 1 aromatic rings. The predicted octanol–water partition coefficient (Wildman–Crippen LogP) is -9.97. The van der Waals surface area contributed by atoms with Gasteiger partial charge in [-0.05, 0) is 26.2 Å². The first kappa shape index (κ1) is 52.8. The largest absolute Gasteiger partial charge is 1.00 e. The second kappa shape index (κ2) is 23.4. The van der Waals surface area contributed by atoms with Gasteiger partial charge < -0.3 is 93.6 Å². The molecular weight excluding hydrogens is 861 g/mol. The van der Waals surface area contributed by atoms with Gasteiger partial charge in [-0.2, -0.15) is 0 Å². The Balaban J connectivity index is 0.00000992. The van der Waals surface area contributed by atoms with E-state index in [1.165, 1.54) is 0 Å². The van der Waals surface area contributed by atoms with E-state index >= 15 is 0 Å². The molecule has 3 aliphatic rings. The molecule has 3 saturated heterocycles. The van der Waals surface area contributed by atoms with Gasteiger partial charge in [-0.1, -0.05) is 0 Å². The minimum atomic E-state index is -5.71. The van der Waals surface area contributed by atoms with Gasteiger partial charge in [0, 0.05) is 27.0 Å². The van der Waals surface area contributed by atoms with E-state index in [1.807, 2.05) is 0 Å². The van der Waals surface area contributed by atoms with E-state index < -0.39 is 144 Å². The molecule has 3 fully saturated rings. The number of carbonyl (C=O) groups excluding carboxylic acids is 3. The summed E-state index contributed by atoms with van der Waals surface area (Å²) in [5.74, 6) is -3.47. The zero-order chi connectivity index (χ0) is 44.6. The van der Waals surface area contributed by atoms with Crippen molar-refractivity contribution in [3.8, 4) is 5.75 Å². The summed E-state index contributed by atoms with van der Waals surface area (Å²) >= 11 is 0. The fourth-order valence-electron chi connectivity index (χ4n) is 6.64. The molecule has 1 aromatic carbocycles.